The number of likely N-dealkylation sites (tertiary alicyclic amines) is 1. The van der Waals surface area contributed by atoms with Crippen molar-refractivity contribution < 1.29 is 19.0 Å². The number of hydrogen-bond donors (Lipinski definition) is 1. The van der Waals surface area contributed by atoms with E-state index in [9.17, 15) is 4.79 Å². The molecule has 2 aromatic rings. The van der Waals surface area contributed by atoms with E-state index in [2.05, 4.69) is 15.2 Å². The lowest BCUT2D eigenvalue weighted by Crippen LogP contribution is -2.46. The quantitative estimate of drug-likeness (QED) is 0.413. The van der Waals surface area contributed by atoms with E-state index in [-0.39, 0.29) is 11.9 Å². The van der Waals surface area contributed by atoms with Crippen LogP contribution in [0.2, 0.25) is 0 Å². The van der Waals surface area contributed by atoms with Crippen LogP contribution in [0.15, 0.2) is 53.5 Å². The van der Waals surface area contributed by atoms with Gasteiger partial charge in [0.15, 0.2) is 17.5 Å². The number of methoxy groups -OCH3 is 1. The third kappa shape index (κ3) is 6.13. The van der Waals surface area contributed by atoms with Crippen LogP contribution in [-0.2, 0) is 16.1 Å². The van der Waals surface area contributed by atoms with Crippen molar-refractivity contribution >= 4 is 11.9 Å². The summed E-state index contributed by atoms with van der Waals surface area (Å²) >= 11 is 0. The van der Waals surface area contributed by atoms with Gasteiger partial charge in [-0.25, -0.2) is 0 Å². The maximum Gasteiger partial charge on any atom is 0.309 e. The first kappa shape index (κ1) is 22.5. The van der Waals surface area contributed by atoms with Gasteiger partial charge in [-0.3, -0.25) is 9.79 Å². The molecule has 166 valence electrons. The number of hydrogen-bond acceptors (Lipinski definition) is 5. The van der Waals surface area contributed by atoms with Gasteiger partial charge < -0.3 is 24.4 Å². The van der Waals surface area contributed by atoms with Crippen LogP contribution >= 0.6 is 0 Å². The third-order valence-electron chi connectivity index (χ3n) is 5.30. The maximum absolute atomic E-state index is 11.9. The van der Waals surface area contributed by atoms with E-state index in [0.717, 1.165) is 43.2 Å². The Kier molecular flexibility index (Phi) is 8.15. The summed E-state index contributed by atoms with van der Waals surface area (Å²) in [6, 6.07) is 15.5. The summed E-state index contributed by atoms with van der Waals surface area (Å²) in [7, 11) is 3.41. The smallest absolute Gasteiger partial charge is 0.309 e. The summed E-state index contributed by atoms with van der Waals surface area (Å²) in [5, 5.41) is 3.41. The van der Waals surface area contributed by atoms with Crippen LogP contribution in [0.1, 0.15) is 25.3 Å². The zero-order valence-corrected chi connectivity index (χ0v) is 18.5. The number of rotatable bonds is 7. The molecule has 0 amide bonds. The number of esters is 1. The van der Waals surface area contributed by atoms with Crippen molar-refractivity contribution in [1.29, 1.82) is 0 Å². The number of para-hydroxylation sites is 2. The largest absolute Gasteiger partial charge is 0.493 e. The number of aliphatic imine (C=N–C) groups is 1. The van der Waals surface area contributed by atoms with E-state index in [4.69, 9.17) is 14.2 Å². The molecular formula is C24H31N3O4. The number of nitrogens with one attached hydrogen (secondary N) is 1. The van der Waals surface area contributed by atoms with Crippen LogP contribution in [0.25, 0.3) is 0 Å². The second kappa shape index (κ2) is 11.2. The van der Waals surface area contributed by atoms with Crippen LogP contribution < -0.4 is 14.8 Å². The Morgan fingerprint density at radius 3 is 2.39 bits per heavy atom. The summed E-state index contributed by atoms with van der Waals surface area (Å²) < 4.78 is 16.4. The molecular weight excluding hydrogens is 394 g/mol. The number of ether oxygens (including phenoxy) is 3. The van der Waals surface area contributed by atoms with Crippen molar-refractivity contribution in [3.05, 3.63) is 54.1 Å². The zero-order valence-electron chi connectivity index (χ0n) is 18.5. The van der Waals surface area contributed by atoms with E-state index in [0.29, 0.717) is 24.7 Å². The predicted octanol–water partition coefficient (Wildman–Crippen LogP) is 3.84. The molecule has 1 N–H and O–H groups in total. The molecule has 0 atom stereocenters. The third-order valence-corrected chi connectivity index (χ3v) is 5.30. The average molecular weight is 426 g/mol. The van der Waals surface area contributed by atoms with Crippen LogP contribution in [0.4, 0.5) is 0 Å². The number of carbonyl (C=O) groups is 1. The molecule has 0 saturated carbocycles. The van der Waals surface area contributed by atoms with E-state index in [1.54, 1.807) is 14.2 Å². The molecule has 7 nitrogen and oxygen atoms in total. The highest BCUT2D eigenvalue weighted by Crippen LogP contribution is 2.30. The normalized spacial score (nSPS) is 14.8. The van der Waals surface area contributed by atoms with Crippen LogP contribution in [0, 0.1) is 5.92 Å². The summed E-state index contributed by atoms with van der Waals surface area (Å²) in [4.78, 5) is 18.5. The maximum atomic E-state index is 11.9. The Bertz CT molecular complexity index is 875. The Hall–Kier alpha value is -3.22. The number of carbonyl (C=O) groups excluding carboxylic acids is 1. The van der Waals surface area contributed by atoms with Crippen LogP contribution in [-0.4, -0.2) is 50.7 Å². The first-order chi connectivity index (χ1) is 15.1. The number of guanidine groups is 1. The SMILES string of the molecule is CCOC(=O)C1CCN(C(=NC)NCc2ccc(Oc3ccccc3OC)cc2)CC1. The molecule has 1 saturated heterocycles. The van der Waals surface area contributed by atoms with Gasteiger partial charge in [0.05, 0.1) is 19.6 Å². The van der Waals surface area contributed by atoms with E-state index in [1.165, 1.54) is 0 Å². The van der Waals surface area contributed by atoms with Crippen molar-refractivity contribution in [2.24, 2.45) is 10.9 Å². The highest BCUT2D eigenvalue weighted by molar-refractivity contribution is 5.80. The predicted molar refractivity (Wildman–Crippen MR) is 121 cm³/mol. The van der Waals surface area contributed by atoms with Gasteiger partial charge in [0.1, 0.15) is 5.75 Å². The molecule has 0 aromatic heterocycles. The summed E-state index contributed by atoms with van der Waals surface area (Å²) in [6.45, 7) is 4.50. The van der Waals surface area contributed by atoms with Gasteiger partial charge in [-0.1, -0.05) is 24.3 Å². The minimum Gasteiger partial charge on any atom is -0.493 e. The topological polar surface area (TPSA) is 72.4 Å². The Labute approximate surface area is 184 Å². The van der Waals surface area contributed by atoms with Gasteiger partial charge >= 0.3 is 5.97 Å². The second-order valence-electron chi connectivity index (χ2n) is 7.31. The average Bonchev–Trinajstić information content (AvgIpc) is 2.81. The van der Waals surface area contributed by atoms with Crippen LogP contribution in [0.5, 0.6) is 17.2 Å². The van der Waals surface area contributed by atoms with Crippen molar-refractivity contribution in [2.75, 3.05) is 33.9 Å². The van der Waals surface area contributed by atoms with Gasteiger partial charge in [0.25, 0.3) is 0 Å². The first-order valence-corrected chi connectivity index (χ1v) is 10.7. The lowest BCUT2D eigenvalue weighted by molar-refractivity contribution is -0.149. The van der Waals surface area contributed by atoms with Crippen LogP contribution in [0.3, 0.4) is 0 Å². The minimum absolute atomic E-state index is 0.00918. The molecule has 2 aromatic carbocycles. The second-order valence-corrected chi connectivity index (χ2v) is 7.31. The Morgan fingerprint density at radius 1 is 1.10 bits per heavy atom. The van der Waals surface area contributed by atoms with E-state index < -0.39 is 0 Å². The zero-order chi connectivity index (χ0) is 22.1. The number of benzene rings is 2. The Balaban J connectivity index is 1.50. The summed E-state index contributed by atoms with van der Waals surface area (Å²) in [5.41, 5.74) is 1.12. The van der Waals surface area contributed by atoms with E-state index in [1.807, 2.05) is 55.5 Å². The molecule has 0 radical (unpaired) electrons. The van der Waals surface area contributed by atoms with Gasteiger partial charge in [-0.2, -0.15) is 0 Å². The fourth-order valence-corrected chi connectivity index (χ4v) is 3.61. The molecule has 1 aliphatic rings. The van der Waals surface area contributed by atoms with Gasteiger partial charge in [-0.15, -0.1) is 0 Å². The van der Waals surface area contributed by atoms with Crippen molar-refractivity contribution in [2.45, 2.75) is 26.3 Å². The fourth-order valence-electron chi connectivity index (χ4n) is 3.61. The van der Waals surface area contributed by atoms with Crippen molar-refractivity contribution in [1.82, 2.24) is 10.2 Å². The summed E-state index contributed by atoms with van der Waals surface area (Å²) in [6.07, 6.45) is 1.57. The molecule has 0 spiro atoms. The van der Waals surface area contributed by atoms with Gasteiger partial charge in [0, 0.05) is 26.7 Å². The number of piperidine rings is 1. The molecule has 0 bridgehead atoms. The summed E-state index contributed by atoms with van der Waals surface area (Å²) in [5.74, 6) is 2.88. The highest BCUT2D eigenvalue weighted by atomic mass is 16.5. The minimum atomic E-state index is -0.0828. The van der Waals surface area contributed by atoms with Gasteiger partial charge in [-0.05, 0) is 49.6 Å². The standard InChI is InChI=1S/C24H31N3O4/c1-4-30-23(28)19-13-15-27(16-14-19)24(25-2)26-17-18-9-11-20(12-10-18)31-22-8-6-5-7-21(22)29-3/h5-12,19H,4,13-17H2,1-3H3,(H,25,26). The Morgan fingerprint density at radius 2 is 1.77 bits per heavy atom. The monoisotopic (exact) mass is 425 g/mol. The van der Waals surface area contributed by atoms with E-state index >= 15 is 0 Å². The van der Waals surface area contributed by atoms with Gasteiger partial charge in [0.2, 0.25) is 0 Å². The molecule has 7 heteroatoms. The number of nitrogens with zero attached hydrogens (tertiary/aromatic N) is 2. The fraction of sp³-hybridized carbons (Fsp3) is 0.417. The molecule has 0 unspecified atom stereocenters. The molecule has 1 aliphatic heterocycles. The lowest BCUT2D eigenvalue weighted by Gasteiger charge is -2.33. The molecule has 3 rings (SSSR count). The molecule has 0 aliphatic carbocycles. The van der Waals surface area contributed by atoms with Crippen molar-refractivity contribution in [3.63, 3.8) is 0 Å². The highest BCUT2D eigenvalue weighted by Gasteiger charge is 2.27. The first-order valence-electron chi connectivity index (χ1n) is 10.7. The van der Waals surface area contributed by atoms with Crippen molar-refractivity contribution in [3.8, 4) is 17.2 Å². The molecule has 1 heterocycles. The lowest BCUT2D eigenvalue weighted by atomic mass is 9.97. The molecule has 31 heavy (non-hydrogen) atoms. The molecule has 1 fully saturated rings.